The second-order valence-corrected chi connectivity index (χ2v) is 10.8. The van der Waals surface area contributed by atoms with Crippen molar-refractivity contribution in [3.05, 3.63) is 28.2 Å². The first-order chi connectivity index (χ1) is 13.3. The van der Waals surface area contributed by atoms with E-state index in [0.29, 0.717) is 0 Å². The molecule has 28 heavy (non-hydrogen) atoms. The lowest BCUT2D eigenvalue weighted by atomic mass is 9.81. The van der Waals surface area contributed by atoms with Crippen LogP contribution in [0.25, 0.3) is 0 Å². The summed E-state index contributed by atoms with van der Waals surface area (Å²) < 4.78 is 0.965. The van der Waals surface area contributed by atoms with Crippen molar-refractivity contribution < 1.29 is 14.4 Å². The largest absolute Gasteiger partial charge is 0.326 e. The molecule has 1 aliphatic heterocycles. The molecule has 0 unspecified atom stereocenters. The molecule has 6 atom stereocenters. The number of imide groups is 1. The van der Waals surface area contributed by atoms with Crippen molar-refractivity contribution in [2.24, 2.45) is 23.7 Å². The first-order valence-electron chi connectivity index (χ1n) is 9.55. The van der Waals surface area contributed by atoms with Gasteiger partial charge >= 0.3 is 0 Å². The summed E-state index contributed by atoms with van der Waals surface area (Å²) in [6.45, 7) is 2.17. The van der Waals surface area contributed by atoms with Gasteiger partial charge in [0.1, 0.15) is 0 Å². The normalized spacial score (nSPS) is 33.5. The van der Waals surface area contributed by atoms with E-state index in [-0.39, 0.29) is 64.0 Å². The average Bonchev–Trinajstić information content (AvgIpc) is 3.27. The van der Waals surface area contributed by atoms with Gasteiger partial charge in [-0.2, -0.15) is 0 Å². The van der Waals surface area contributed by atoms with Gasteiger partial charge in [-0.3, -0.25) is 19.3 Å². The van der Waals surface area contributed by atoms with Gasteiger partial charge in [-0.1, -0.05) is 54.7 Å². The predicted molar refractivity (Wildman–Crippen MR) is 117 cm³/mol. The lowest BCUT2D eigenvalue weighted by Gasteiger charge is -2.28. The maximum Gasteiger partial charge on any atom is 0.233 e. The molecule has 1 heterocycles. The smallest absolute Gasteiger partial charge is 0.233 e. The lowest BCUT2D eigenvalue weighted by Crippen LogP contribution is -2.37. The first-order valence-corrected chi connectivity index (χ1v) is 12.2. The molecule has 3 amide bonds. The summed E-state index contributed by atoms with van der Waals surface area (Å²) in [4.78, 5) is 40.0. The van der Waals surface area contributed by atoms with Gasteiger partial charge in [0.25, 0.3) is 0 Å². The molecule has 0 aromatic heterocycles. The summed E-state index contributed by atoms with van der Waals surface area (Å²) in [5, 5.41) is 2.91. The second kappa shape index (κ2) is 7.84. The summed E-state index contributed by atoms with van der Waals surface area (Å²) in [5.41, 5.74) is 1.81. The minimum atomic E-state index is -0.225. The van der Waals surface area contributed by atoms with E-state index in [1.165, 1.54) is 4.90 Å². The molecule has 1 aromatic carbocycles. The number of fused-ring (bicyclic) bond motifs is 5. The Morgan fingerprint density at radius 3 is 2.32 bits per heavy atom. The fourth-order valence-electron chi connectivity index (χ4n) is 5.03. The molecule has 2 saturated carbocycles. The lowest BCUT2D eigenvalue weighted by molar-refractivity contribution is -0.140. The maximum atomic E-state index is 12.9. The number of benzene rings is 1. The first kappa shape index (κ1) is 20.5. The summed E-state index contributed by atoms with van der Waals surface area (Å²) in [7, 11) is 0. The zero-order chi connectivity index (χ0) is 20.2. The monoisotopic (exact) mass is 574 g/mol. The third kappa shape index (κ3) is 3.29. The summed E-state index contributed by atoms with van der Waals surface area (Å²) in [5.74, 6) is -0.439. The SMILES string of the molecule is CCc1cc(Br)ccc1NC(=O)CCN1C(=O)[C@@H]2[C@H]3C[C@H]([C@H](Br)[C@@H]3Br)[C@@H]2C1=O. The third-order valence-corrected chi connectivity index (χ3v) is 10.1. The molecule has 2 aliphatic carbocycles. The Balaban J connectivity index is 1.40. The number of carbonyl (C=O) groups is 3. The van der Waals surface area contributed by atoms with Crippen molar-refractivity contribution >= 4 is 71.2 Å². The van der Waals surface area contributed by atoms with Crippen LogP contribution in [0, 0.1) is 23.7 Å². The Morgan fingerprint density at radius 1 is 1.14 bits per heavy atom. The van der Waals surface area contributed by atoms with Crippen LogP contribution in [0.2, 0.25) is 0 Å². The van der Waals surface area contributed by atoms with E-state index in [9.17, 15) is 14.4 Å². The number of rotatable bonds is 5. The number of nitrogens with one attached hydrogen (secondary N) is 1. The molecular formula is C20H21Br3N2O3. The topological polar surface area (TPSA) is 66.5 Å². The van der Waals surface area contributed by atoms with Gasteiger partial charge in [-0.25, -0.2) is 0 Å². The third-order valence-electron chi connectivity index (χ3n) is 6.36. The number of hydrogen-bond acceptors (Lipinski definition) is 3. The van der Waals surface area contributed by atoms with Crippen LogP contribution in [0.4, 0.5) is 5.69 Å². The minimum Gasteiger partial charge on any atom is -0.326 e. The van der Waals surface area contributed by atoms with Gasteiger partial charge in [0.2, 0.25) is 17.7 Å². The zero-order valence-electron chi connectivity index (χ0n) is 15.3. The van der Waals surface area contributed by atoms with Gasteiger partial charge in [0.05, 0.1) is 11.8 Å². The number of alkyl halides is 2. The predicted octanol–water partition coefficient (Wildman–Crippen LogP) is 4.12. The van der Waals surface area contributed by atoms with Crippen molar-refractivity contribution in [3.8, 4) is 0 Å². The van der Waals surface area contributed by atoms with E-state index in [0.717, 1.165) is 28.6 Å². The van der Waals surface area contributed by atoms with E-state index in [4.69, 9.17) is 0 Å². The van der Waals surface area contributed by atoms with Crippen molar-refractivity contribution in [2.75, 3.05) is 11.9 Å². The fourth-order valence-corrected chi connectivity index (χ4v) is 7.32. The van der Waals surface area contributed by atoms with Crippen molar-refractivity contribution in [1.29, 1.82) is 0 Å². The number of halogens is 3. The Bertz CT molecular complexity index is 814. The quantitative estimate of drug-likeness (QED) is 0.424. The molecule has 3 fully saturated rings. The highest BCUT2D eigenvalue weighted by Crippen LogP contribution is 2.60. The molecule has 1 aromatic rings. The van der Waals surface area contributed by atoms with E-state index in [1.807, 2.05) is 25.1 Å². The molecule has 8 heteroatoms. The zero-order valence-corrected chi connectivity index (χ0v) is 20.1. The Labute approximate surface area is 189 Å². The van der Waals surface area contributed by atoms with Gasteiger partial charge in [-0.15, -0.1) is 0 Å². The highest BCUT2D eigenvalue weighted by Gasteiger charge is 2.66. The number of amides is 3. The molecule has 2 bridgehead atoms. The van der Waals surface area contributed by atoms with Crippen LogP contribution in [0.3, 0.4) is 0 Å². The molecule has 3 aliphatic rings. The summed E-state index contributed by atoms with van der Waals surface area (Å²) >= 11 is 10.8. The van der Waals surface area contributed by atoms with Crippen LogP contribution in [-0.4, -0.2) is 38.8 Å². The van der Waals surface area contributed by atoms with Gasteiger partial charge < -0.3 is 5.32 Å². The molecule has 1 saturated heterocycles. The number of hydrogen-bond donors (Lipinski definition) is 1. The Kier molecular flexibility index (Phi) is 5.75. The average molecular weight is 577 g/mol. The molecule has 0 radical (unpaired) electrons. The molecule has 0 spiro atoms. The van der Waals surface area contributed by atoms with Crippen molar-refractivity contribution in [2.45, 2.75) is 35.8 Å². The Hall–Kier alpha value is -0.730. The number of anilines is 1. The van der Waals surface area contributed by atoms with Crippen LogP contribution in [-0.2, 0) is 20.8 Å². The molecule has 150 valence electrons. The minimum absolute atomic E-state index is 0.1000. The van der Waals surface area contributed by atoms with E-state index < -0.39 is 0 Å². The molecule has 4 rings (SSSR count). The number of aryl methyl sites for hydroxylation is 1. The molecular weight excluding hydrogens is 556 g/mol. The van der Waals surface area contributed by atoms with Gasteiger partial charge in [0.15, 0.2) is 0 Å². The van der Waals surface area contributed by atoms with Crippen LogP contribution in [0.15, 0.2) is 22.7 Å². The highest BCUT2D eigenvalue weighted by molar-refractivity contribution is 9.12. The van der Waals surface area contributed by atoms with E-state index >= 15 is 0 Å². The molecule has 1 N–H and O–H groups in total. The van der Waals surface area contributed by atoms with Crippen LogP contribution in [0.1, 0.15) is 25.3 Å². The highest BCUT2D eigenvalue weighted by atomic mass is 79.9. The summed E-state index contributed by atoms with van der Waals surface area (Å²) in [6, 6.07) is 5.72. The number of carbonyl (C=O) groups excluding carboxylic acids is 3. The van der Waals surface area contributed by atoms with Crippen LogP contribution in [0.5, 0.6) is 0 Å². The van der Waals surface area contributed by atoms with Crippen molar-refractivity contribution in [1.82, 2.24) is 4.90 Å². The van der Waals surface area contributed by atoms with Gasteiger partial charge in [0, 0.05) is 32.8 Å². The number of likely N-dealkylation sites (tertiary alicyclic amines) is 1. The fraction of sp³-hybridized carbons (Fsp3) is 0.550. The van der Waals surface area contributed by atoms with Crippen LogP contribution < -0.4 is 5.32 Å². The standard InChI is InChI=1S/C20H21Br3N2O3/c1-2-9-7-10(21)3-4-13(9)24-14(26)5-6-25-19(27)15-11-8-12(16(15)20(25)28)18(23)17(11)22/h3-4,7,11-12,15-18H,2,5-6,8H2,1H3,(H,24,26)/t11-,12+,15-,16+,17-,18+. The molecule has 5 nitrogen and oxygen atoms in total. The maximum absolute atomic E-state index is 12.9. The van der Waals surface area contributed by atoms with Gasteiger partial charge in [-0.05, 0) is 48.4 Å². The van der Waals surface area contributed by atoms with E-state index in [1.54, 1.807) is 0 Å². The summed E-state index contributed by atoms with van der Waals surface area (Å²) in [6.07, 6.45) is 1.82. The van der Waals surface area contributed by atoms with Crippen molar-refractivity contribution in [3.63, 3.8) is 0 Å². The van der Waals surface area contributed by atoms with E-state index in [2.05, 4.69) is 53.1 Å². The van der Waals surface area contributed by atoms with Crippen LogP contribution >= 0.6 is 47.8 Å². The number of nitrogens with zero attached hydrogens (tertiary/aromatic N) is 1. The second-order valence-electron chi connectivity index (χ2n) is 7.79. The Morgan fingerprint density at radius 2 is 1.75 bits per heavy atom.